The van der Waals surface area contributed by atoms with Gasteiger partial charge in [0, 0.05) is 16.3 Å². The van der Waals surface area contributed by atoms with Gasteiger partial charge in [-0.2, -0.15) is 0 Å². The molecule has 3 aromatic rings. The second-order valence-corrected chi connectivity index (χ2v) is 7.59. The van der Waals surface area contributed by atoms with E-state index in [0.717, 1.165) is 15.0 Å². The molecule has 1 aromatic heterocycles. The minimum Gasteiger partial charge on any atom is -0.486 e. The molecule has 1 amide bonds. The van der Waals surface area contributed by atoms with E-state index in [4.69, 9.17) is 4.74 Å². The number of halogens is 1. The average Bonchev–Trinajstić information content (AvgIpc) is 3.01. The number of carbonyl (C=O) groups is 1. The molecular weight excluding hydrogens is 463 g/mol. The quantitative estimate of drug-likeness (QED) is 0.413. The van der Waals surface area contributed by atoms with E-state index in [1.54, 1.807) is 0 Å². The van der Waals surface area contributed by atoms with E-state index < -0.39 is 0 Å². The number of ether oxygens (including phenoxy) is 1. The third kappa shape index (κ3) is 5.21. The molecule has 1 N–H and O–H groups in total. The average molecular weight is 480 g/mol. The maximum atomic E-state index is 12.1. The van der Waals surface area contributed by atoms with Crippen molar-refractivity contribution in [1.29, 1.82) is 0 Å². The topological polar surface area (TPSA) is 69.0 Å². The number of thioether (sulfide) groups is 1. The minimum atomic E-state index is -0.0821. The van der Waals surface area contributed by atoms with Gasteiger partial charge < -0.3 is 14.6 Å². The Balaban J connectivity index is 1.51. The second kappa shape index (κ2) is 9.04. The van der Waals surface area contributed by atoms with Gasteiger partial charge in [0.05, 0.1) is 5.75 Å². The molecule has 26 heavy (non-hydrogen) atoms. The van der Waals surface area contributed by atoms with Crippen molar-refractivity contribution in [3.8, 4) is 5.75 Å². The summed E-state index contributed by atoms with van der Waals surface area (Å²) in [4.78, 5) is 12.1. The summed E-state index contributed by atoms with van der Waals surface area (Å²) >= 11 is 3.57. The van der Waals surface area contributed by atoms with E-state index in [1.807, 2.05) is 66.2 Å². The van der Waals surface area contributed by atoms with Crippen molar-refractivity contribution in [3.63, 3.8) is 0 Å². The second-order valence-electron chi connectivity index (χ2n) is 5.40. The van der Waals surface area contributed by atoms with Crippen LogP contribution in [0.25, 0.3) is 0 Å². The molecule has 8 heteroatoms. The summed E-state index contributed by atoms with van der Waals surface area (Å²) in [5.74, 6) is 1.66. The normalized spacial score (nSPS) is 10.5. The fourth-order valence-corrected chi connectivity index (χ4v) is 3.21. The van der Waals surface area contributed by atoms with Crippen molar-refractivity contribution in [2.75, 3.05) is 11.1 Å². The standard InChI is InChI=1S/C18H17IN4O2S/c1-23-16(11-25-15-5-3-2-4-6-15)21-22-18(23)26-12-17(24)20-14-9-7-13(19)8-10-14/h2-10H,11-12H2,1H3,(H,20,24). The Labute approximate surface area is 169 Å². The molecule has 6 nitrogen and oxygen atoms in total. The summed E-state index contributed by atoms with van der Waals surface area (Å²) in [5, 5.41) is 11.8. The lowest BCUT2D eigenvalue weighted by molar-refractivity contribution is -0.113. The fourth-order valence-electron chi connectivity index (χ4n) is 2.12. The number of para-hydroxylation sites is 1. The summed E-state index contributed by atoms with van der Waals surface area (Å²) in [6.07, 6.45) is 0. The number of benzene rings is 2. The molecule has 1 heterocycles. The number of aromatic nitrogens is 3. The Morgan fingerprint density at radius 3 is 2.62 bits per heavy atom. The van der Waals surface area contributed by atoms with Gasteiger partial charge in [0.25, 0.3) is 0 Å². The molecule has 2 aromatic carbocycles. The number of carbonyl (C=O) groups excluding carboxylic acids is 1. The lowest BCUT2D eigenvalue weighted by Crippen LogP contribution is -2.14. The molecule has 0 saturated heterocycles. The van der Waals surface area contributed by atoms with Crippen molar-refractivity contribution >= 4 is 45.9 Å². The zero-order chi connectivity index (χ0) is 18.4. The molecule has 0 aliphatic rings. The predicted molar refractivity (Wildman–Crippen MR) is 110 cm³/mol. The number of nitrogens with zero attached hydrogens (tertiary/aromatic N) is 3. The van der Waals surface area contributed by atoms with Crippen LogP contribution in [-0.2, 0) is 18.4 Å². The van der Waals surface area contributed by atoms with Crippen molar-refractivity contribution in [2.45, 2.75) is 11.8 Å². The summed E-state index contributed by atoms with van der Waals surface area (Å²) in [6, 6.07) is 17.2. The molecule has 0 radical (unpaired) electrons. The molecule has 0 bridgehead atoms. The number of amides is 1. The van der Waals surface area contributed by atoms with Gasteiger partial charge in [-0.05, 0) is 59.0 Å². The fraction of sp³-hybridized carbons (Fsp3) is 0.167. The van der Waals surface area contributed by atoms with Gasteiger partial charge >= 0.3 is 0 Å². The molecule has 0 atom stereocenters. The zero-order valence-electron chi connectivity index (χ0n) is 14.1. The molecule has 0 aliphatic heterocycles. The largest absolute Gasteiger partial charge is 0.486 e. The molecule has 0 spiro atoms. The van der Waals surface area contributed by atoms with E-state index in [9.17, 15) is 4.79 Å². The van der Waals surface area contributed by atoms with Crippen LogP contribution in [0.15, 0.2) is 59.8 Å². The summed E-state index contributed by atoms with van der Waals surface area (Å²) in [7, 11) is 1.86. The number of rotatable bonds is 7. The first kappa shape index (κ1) is 18.7. The zero-order valence-corrected chi connectivity index (χ0v) is 17.0. The summed E-state index contributed by atoms with van der Waals surface area (Å²) in [6.45, 7) is 0.322. The SMILES string of the molecule is Cn1c(COc2ccccc2)nnc1SCC(=O)Nc1ccc(I)cc1. The van der Waals surface area contributed by atoms with Crippen molar-refractivity contribution in [3.05, 3.63) is 64.0 Å². The Morgan fingerprint density at radius 1 is 1.15 bits per heavy atom. The number of hydrogen-bond acceptors (Lipinski definition) is 5. The third-order valence-electron chi connectivity index (χ3n) is 3.50. The van der Waals surface area contributed by atoms with Crippen molar-refractivity contribution in [2.24, 2.45) is 7.05 Å². The van der Waals surface area contributed by atoms with Crippen LogP contribution in [0, 0.1) is 3.57 Å². The lowest BCUT2D eigenvalue weighted by Gasteiger charge is -2.07. The van der Waals surface area contributed by atoms with Crippen LogP contribution in [0.3, 0.4) is 0 Å². The molecule has 0 unspecified atom stereocenters. The summed E-state index contributed by atoms with van der Waals surface area (Å²) < 4.78 is 8.65. The third-order valence-corrected chi connectivity index (χ3v) is 5.24. The first-order valence-corrected chi connectivity index (χ1v) is 9.92. The molecule has 0 aliphatic carbocycles. The maximum Gasteiger partial charge on any atom is 0.234 e. The predicted octanol–water partition coefficient (Wildman–Crippen LogP) is 3.73. The van der Waals surface area contributed by atoms with Gasteiger partial charge in [-0.15, -0.1) is 10.2 Å². The lowest BCUT2D eigenvalue weighted by atomic mass is 10.3. The minimum absolute atomic E-state index is 0.0821. The molecule has 0 saturated carbocycles. The molecule has 134 valence electrons. The van der Waals surface area contributed by atoms with Gasteiger partial charge in [0.15, 0.2) is 11.0 Å². The first-order chi connectivity index (χ1) is 12.6. The van der Waals surface area contributed by atoms with E-state index in [1.165, 1.54) is 11.8 Å². The monoisotopic (exact) mass is 480 g/mol. The van der Waals surface area contributed by atoms with Crippen molar-refractivity contribution < 1.29 is 9.53 Å². The molecule has 0 fully saturated rings. The Bertz CT molecular complexity index is 869. The van der Waals surface area contributed by atoms with Gasteiger partial charge in [0.2, 0.25) is 5.91 Å². The van der Waals surface area contributed by atoms with Gasteiger partial charge in [0.1, 0.15) is 12.4 Å². The van der Waals surface area contributed by atoms with E-state index >= 15 is 0 Å². The number of anilines is 1. The smallest absolute Gasteiger partial charge is 0.234 e. The van der Waals surface area contributed by atoms with Crippen LogP contribution in [-0.4, -0.2) is 26.4 Å². The van der Waals surface area contributed by atoms with E-state index in [-0.39, 0.29) is 11.7 Å². The maximum absolute atomic E-state index is 12.1. The highest BCUT2D eigenvalue weighted by molar-refractivity contribution is 14.1. The van der Waals surface area contributed by atoms with Gasteiger partial charge in [-0.3, -0.25) is 4.79 Å². The number of nitrogens with one attached hydrogen (secondary N) is 1. The van der Waals surface area contributed by atoms with Crippen LogP contribution >= 0.6 is 34.4 Å². The Kier molecular flexibility index (Phi) is 6.51. The Morgan fingerprint density at radius 2 is 1.88 bits per heavy atom. The summed E-state index contributed by atoms with van der Waals surface area (Å²) in [5.41, 5.74) is 0.783. The van der Waals surface area contributed by atoms with Gasteiger partial charge in [-0.25, -0.2) is 0 Å². The first-order valence-electron chi connectivity index (χ1n) is 7.86. The van der Waals surface area contributed by atoms with Crippen LogP contribution in [0.4, 0.5) is 5.69 Å². The highest BCUT2D eigenvalue weighted by Gasteiger charge is 2.12. The van der Waals surface area contributed by atoms with E-state index in [0.29, 0.717) is 17.6 Å². The van der Waals surface area contributed by atoms with Crippen LogP contribution in [0.1, 0.15) is 5.82 Å². The Hall–Kier alpha value is -2.07. The molecular formula is C18H17IN4O2S. The van der Waals surface area contributed by atoms with E-state index in [2.05, 4.69) is 38.1 Å². The highest BCUT2D eigenvalue weighted by Crippen LogP contribution is 2.18. The van der Waals surface area contributed by atoms with Crippen molar-refractivity contribution in [1.82, 2.24) is 14.8 Å². The van der Waals surface area contributed by atoms with Gasteiger partial charge in [-0.1, -0.05) is 30.0 Å². The highest BCUT2D eigenvalue weighted by atomic mass is 127. The number of hydrogen-bond donors (Lipinski definition) is 1. The van der Waals surface area contributed by atoms with Crippen LogP contribution in [0.2, 0.25) is 0 Å². The van der Waals surface area contributed by atoms with Crippen LogP contribution < -0.4 is 10.1 Å². The molecule has 3 rings (SSSR count). The van der Waals surface area contributed by atoms with Crippen LogP contribution in [0.5, 0.6) is 5.75 Å².